The van der Waals surface area contributed by atoms with Gasteiger partial charge >= 0.3 is 0 Å². The molecule has 0 fully saturated rings. The highest BCUT2D eigenvalue weighted by molar-refractivity contribution is 5.76. The van der Waals surface area contributed by atoms with E-state index in [0.717, 1.165) is 5.69 Å². The van der Waals surface area contributed by atoms with Gasteiger partial charge in [0, 0.05) is 25.2 Å². The smallest absolute Gasteiger partial charge is 0.221 e. The molecule has 1 amide bonds. The maximum absolute atomic E-state index is 13.5. The highest BCUT2D eigenvalue weighted by Gasteiger charge is 2.09. The molecule has 25 heavy (non-hydrogen) atoms. The molecule has 0 saturated heterocycles. The molecule has 2 N–H and O–H groups in total. The molecule has 0 bridgehead atoms. The van der Waals surface area contributed by atoms with Crippen molar-refractivity contribution < 1.29 is 9.18 Å². The zero-order valence-electron chi connectivity index (χ0n) is 15.2. The number of hydrogen-bond acceptors (Lipinski definition) is 2. The number of rotatable bonds is 8. The van der Waals surface area contributed by atoms with Crippen molar-refractivity contribution in [1.82, 2.24) is 5.32 Å². The van der Waals surface area contributed by atoms with Crippen LogP contribution in [0.4, 0.5) is 10.1 Å². The fraction of sp³-hybridized carbons (Fsp3) is 0.381. The van der Waals surface area contributed by atoms with Gasteiger partial charge in [-0.15, -0.1) is 0 Å². The molecule has 0 atom stereocenters. The van der Waals surface area contributed by atoms with Crippen LogP contribution in [0, 0.1) is 12.7 Å². The number of carbonyl (C=O) groups excluding carboxylic acids is 1. The Morgan fingerprint density at radius 3 is 2.56 bits per heavy atom. The number of nitrogens with one attached hydrogen (secondary N) is 2. The Bertz CT molecular complexity index is 713. The fourth-order valence-electron chi connectivity index (χ4n) is 2.84. The molecule has 2 aromatic carbocycles. The molecule has 4 heteroatoms. The van der Waals surface area contributed by atoms with E-state index in [0.29, 0.717) is 37.4 Å². The number of para-hydroxylation sites is 1. The summed E-state index contributed by atoms with van der Waals surface area (Å²) in [6.07, 6.45) is 0.893. The van der Waals surface area contributed by atoms with Crippen LogP contribution >= 0.6 is 0 Å². The Morgan fingerprint density at radius 2 is 1.84 bits per heavy atom. The van der Waals surface area contributed by atoms with E-state index in [1.807, 2.05) is 0 Å². The summed E-state index contributed by atoms with van der Waals surface area (Å²) >= 11 is 0. The first-order chi connectivity index (χ1) is 12.0. The second-order valence-electron chi connectivity index (χ2n) is 6.56. The minimum atomic E-state index is -0.223. The lowest BCUT2D eigenvalue weighted by atomic mass is 9.98. The quantitative estimate of drug-likeness (QED) is 0.746. The van der Waals surface area contributed by atoms with Crippen molar-refractivity contribution in [2.75, 3.05) is 18.4 Å². The first-order valence-electron chi connectivity index (χ1n) is 8.82. The Balaban J connectivity index is 1.77. The number of amides is 1. The average Bonchev–Trinajstić information content (AvgIpc) is 2.58. The normalized spacial score (nSPS) is 10.8. The van der Waals surface area contributed by atoms with Gasteiger partial charge in [0.1, 0.15) is 5.82 Å². The van der Waals surface area contributed by atoms with Gasteiger partial charge in [0.25, 0.3) is 0 Å². The van der Waals surface area contributed by atoms with E-state index in [2.05, 4.69) is 49.6 Å². The third-order valence-electron chi connectivity index (χ3n) is 4.26. The van der Waals surface area contributed by atoms with Crippen LogP contribution in [0.1, 0.15) is 42.9 Å². The Morgan fingerprint density at radius 1 is 1.08 bits per heavy atom. The fourth-order valence-corrected chi connectivity index (χ4v) is 2.84. The van der Waals surface area contributed by atoms with Crippen LogP contribution in [0.2, 0.25) is 0 Å². The van der Waals surface area contributed by atoms with Gasteiger partial charge in [-0.2, -0.15) is 0 Å². The third kappa shape index (κ3) is 5.59. The number of benzene rings is 2. The van der Waals surface area contributed by atoms with Crippen molar-refractivity contribution in [3.8, 4) is 0 Å². The van der Waals surface area contributed by atoms with Crippen LogP contribution in [0.25, 0.3) is 0 Å². The second kappa shape index (κ2) is 9.21. The van der Waals surface area contributed by atoms with Crippen LogP contribution in [-0.2, 0) is 11.2 Å². The number of aryl methyl sites for hydroxylation is 1. The van der Waals surface area contributed by atoms with Gasteiger partial charge in [-0.25, -0.2) is 4.39 Å². The first-order valence-corrected chi connectivity index (χ1v) is 8.82. The molecule has 0 aromatic heterocycles. The summed E-state index contributed by atoms with van der Waals surface area (Å²) in [5.41, 5.74) is 4.20. The molecular formula is C21H27FN2O. The Hall–Kier alpha value is -2.36. The van der Waals surface area contributed by atoms with Gasteiger partial charge in [0.2, 0.25) is 5.91 Å². The topological polar surface area (TPSA) is 41.1 Å². The maximum atomic E-state index is 13.5. The van der Waals surface area contributed by atoms with E-state index in [4.69, 9.17) is 0 Å². The molecule has 0 unspecified atom stereocenters. The highest BCUT2D eigenvalue weighted by atomic mass is 19.1. The molecule has 0 spiro atoms. The molecule has 0 heterocycles. The molecule has 2 aromatic rings. The Labute approximate surface area is 149 Å². The lowest BCUT2D eigenvalue weighted by Gasteiger charge is -2.17. The van der Waals surface area contributed by atoms with Gasteiger partial charge in [-0.1, -0.05) is 50.2 Å². The SMILES string of the molecule is Cc1cccc(C(C)C)c1NCCC(=O)NCCc1ccccc1F. The highest BCUT2D eigenvalue weighted by Crippen LogP contribution is 2.27. The molecule has 0 saturated carbocycles. The van der Waals surface area contributed by atoms with Crippen molar-refractivity contribution in [3.63, 3.8) is 0 Å². The molecule has 0 aliphatic heterocycles. The molecule has 3 nitrogen and oxygen atoms in total. The van der Waals surface area contributed by atoms with Crippen molar-refractivity contribution in [2.45, 2.75) is 39.5 Å². The zero-order valence-corrected chi connectivity index (χ0v) is 15.2. The lowest BCUT2D eigenvalue weighted by Crippen LogP contribution is -2.27. The van der Waals surface area contributed by atoms with E-state index < -0.39 is 0 Å². The van der Waals surface area contributed by atoms with E-state index in [1.54, 1.807) is 18.2 Å². The molecule has 0 aliphatic carbocycles. The van der Waals surface area contributed by atoms with Crippen molar-refractivity contribution in [1.29, 1.82) is 0 Å². The minimum Gasteiger partial charge on any atom is -0.384 e. The van der Waals surface area contributed by atoms with Crippen LogP contribution in [0.3, 0.4) is 0 Å². The zero-order chi connectivity index (χ0) is 18.2. The number of halogens is 1. The van der Waals surface area contributed by atoms with Crippen molar-refractivity contribution in [2.24, 2.45) is 0 Å². The largest absolute Gasteiger partial charge is 0.384 e. The molecule has 134 valence electrons. The van der Waals surface area contributed by atoms with Gasteiger partial charge < -0.3 is 10.6 Å². The number of hydrogen-bond donors (Lipinski definition) is 2. The monoisotopic (exact) mass is 342 g/mol. The van der Waals surface area contributed by atoms with E-state index >= 15 is 0 Å². The summed E-state index contributed by atoms with van der Waals surface area (Å²) in [6, 6.07) is 12.9. The van der Waals surface area contributed by atoms with Gasteiger partial charge in [0.05, 0.1) is 0 Å². The molecule has 0 aliphatic rings. The number of anilines is 1. The van der Waals surface area contributed by atoms with E-state index in [9.17, 15) is 9.18 Å². The molecule has 0 radical (unpaired) electrons. The standard InChI is InChI=1S/C21H27FN2O/c1-15(2)18-9-6-7-16(3)21(18)24-14-12-20(25)23-13-11-17-8-4-5-10-19(17)22/h4-10,15,24H,11-14H2,1-3H3,(H,23,25). The maximum Gasteiger partial charge on any atom is 0.221 e. The van der Waals surface area contributed by atoms with E-state index in [-0.39, 0.29) is 11.7 Å². The van der Waals surface area contributed by atoms with Gasteiger partial charge in [0.15, 0.2) is 0 Å². The first kappa shape index (κ1) is 19.0. The van der Waals surface area contributed by atoms with Crippen LogP contribution < -0.4 is 10.6 Å². The van der Waals surface area contributed by atoms with Crippen LogP contribution in [0.5, 0.6) is 0 Å². The summed E-state index contributed by atoms with van der Waals surface area (Å²) in [4.78, 5) is 12.0. The lowest BCUT2D eigenvalue weighted by molar-refractivity contribution is -0.120. The molecule has 2 rings (SSSR count). The minimum absolute atomic E-state index is 0.0245. The van der Waals surface area contributed by atoms with Crippen LogP contribution in [0.15, 0.2) is 42.5 Å². The summed E-state index contributed by atoms with van der Waals surface area (Å²) in [6.45, 7) is 7.42. The second-order valence-corrected chi connectivity index (χ2v) is 6.56. The average molecular weight is 342 g/mol. The Kier molecular flexibility index (Phi) is 6.99. The predicted octanol–water partition coefficient (Wildman–Crippen LogP) is 4.42. The van der Waals surface area contributed by atoms with Crippen molar-refractivity contribution >= 4 is 11.6 Å². The summed E-state index contributed by atoms with van der Waals surface area (Å²) in [5.74, 6) is 0.180. The van der Waals surface area contributed by atoms with Gasteiger partial charge in [-0.05, 0) is 42.0 Å². The number of carbonyl (C=O) groups is 1. The van der Waals surface area contributed by atoms with E-state index in [1.165, 1.54) is 17.2 Å². The summed E-state index contributed by atoms with van der Waals surface area (Å²) in [5, 5.41) is 6.24. The summed E-state index contributed by atoms with van der Waals surface area (Å²) in [7, 11) is 0. The van der Waals surface area contributed by atoms with Crippen LogP contribution in [-0.4, -0.2) is 19.0 Å². The third-order valence-corrected chi connectivity index (χ3v) is 4.26. The van der Waals surface area contributed by atoms with Gasteiger partial charge in [-0.3, -0.25) is 4.79 Å². The summed E-state index contributed by atoms with van der Waals surface area (Å²) < 4.78 is 13.5. The molecular weight excluding hydrogens is 315 g/mol. The van der Waals surface area contributed by atoms with Crippen molar-refractivity contribution in [3.05, 3.63) is 65.0 Å². The predicted molar refractivity (Wildman–Crippen MR) is 101 cm³/mol.